The van der Waals surface area contributed by atoms with Crippen molar-refractivity contribution in [3.05, 3.63) is 57.5 Å². The molecule has 0 aliphatic heterocycles. The topological polar surface area (TPSA) is 50.2 Å². The van der Waals surface area contributed by atoms with Crippen LogP contribution in [-0.2, 0) is 0 Å². The monoisotopic (exact) mass is 253 g/mol. The lowest BCUT2D eigenvalue weighted by Gasteiger charge is -2.02. The zero-order chi connectivity index (χ0) is 13.6. The van der Waals surface area contributed by atoms with E-state index in [9.17, 15) is 4.79 Å². The number of aromatic amines is 1. The Bertz CT molecular complexity index is 807. The molecule has 2 aromatic heterocycles. The summed E-state index contributed by atoms with van der Waals surface area (Å²) in [5.41, 5.74) is 5.67. The van der Waals surface area contributed by atoms with E-state index in [0.717, 1.165) is 17.0 Å². The first-order chi connectivity index (χ1) is 9.02. The van der Waals surface area contributed by atoms with Gasteiger partial charge in [-0.15, -0.1) is 0 Å². The second kappa shape index (κ2) is 4.09. The third kappa shape index (κ3) is 2.05. The maximum Gasteiger partial charge on any atom is 0.272 e. The number of benzene rings is 1. The van der Waals surface area contributed by atoms with Crippen molar-refractivity contribution < 1.29 is 0 Å². The number of hydrogen-bond acceptors (Lipinski definition) is 2. The van der Waals surface area contributed by atoms with Crippen molar-refractivity contribution in [3.8, 4) is 11.3 Å². The van der Waals surface area contributed by atoms with Crippen LogP contribution in [0.4, 0.5) is 0 Å². The lowest BCUT2D eigenvalue weighted by molar-refractivity contribution is 0.893. The highest BCUT2D eigenvalue weighted by molar-refractivity contribution is 5.65. The molecule has 0 radical (unpaired) electrons. The molecule has 96 valence electrons. The van der Waals surface area contributed by atoms with Gasteiger partial charge in [-0.05, 0) is 32.9 Å². The van der Waals surface area contributed by atoms with Gasteiger partial charge in [0.05, 0.1) is 5.69 Å². The highest BCUT2D eigenvalue weighted by atomic mass is 16.1. The molecule has 0 bridgehead atoms. The molecule has 19 heavy (non-hydrogen) atoms. The number of fused-ring (bicyclic) bond motifs is 1. The molecule has 3 aromatic rings. The van der Waals surface area contributed by atoms with Gasteiger partial charge in [-0.1, -0.05) is 17.2 Å². The third-order valence-corrected chi connectivity index (χ3v) is 3.11. The van der Waals surface area contributed by atoms with Crippen molar-refractivity contribution in [2.45, 2.75) is 20.8 Å². The molecule has 0 spiro atoms. The molecule has 0 saturated heterocycles. The summed E-state index contributed by atoms with van der Waals surface area (Å²) in [7, 11) is 0. The molecule has 3 rings (SSSR count). The first-order valence-corrected chi connectivity index (χ1v) is 6.21. The Morgan fingerprint density at radius 1 is 1.00 bits per heavy atom. The molecule has 2 heterocycles. The van der Waals surface area contributed by atoms with Gasteiger partial charge < -0.3 is 0 Å². The predicted octanol–water partition coefficient (Wildman–Crippen LogP) is 2.61. The number of rotatable bonds is 1. The van der Waals surface area contributed by atoms with Crippen molar-refractivity contribution in [1.82, 2.24) is 14.6 Å². The summed E-state index contributed by atoms with van der Waals surface area (Å²) in [6.45, 7) is 5.95. The molecular weight excluding hydrogens is 238 g/mol. The van der Waals surface area contributed by atoms with E-state index in [1.54, 1.807) is 0 Å². The maximum absolute atomic E-state index is 11.9. The van der Waals surface area contributed by atoms with Crippen LogP contribution in [0.5, 0.6) is 0 Å². The Kier molecular flexibility index (Phi) is 2.52. The summed E-state index contributed by atoms with van der Waals surface area (Å²) >= 11 is 0. The molecule has 1 aromatic carbocycles. The Balaban J connectivity index is 2.26. The normalized spacial score (nSPS) is 11.1. The Morgan fingerprint density at radius 2 is 1.68 bits per heavy atom. The summed E-state index contributed by atoms with van der Waals surface area (Å²) in [5.74, 6) is 0. The highest BCUT2D eigenvalue weighted by Crippen LogP contribution is 2.21. The molecule has 0 unspecified atom stereocenters. The first kappa shape index (κ1) is 11.7. The summed E-state index contributed by atoms with van der Waals surface area (Å²) < 4.78 is 1.47. The largest absolute Gasteiger partial charge is 0.289 e. The van der Waals surface area contributed by atoms with Gasteiger partial charge in [0.25, 0.3) is 5.56 Å². The van der Waals surface area contributed by atoms with Crippen LogP contribution in [0.1, 0.15) is 16.8 Å². The average Bonchev–Trinajstić information content (AvgIpc) is 2.71. The van der Waals surface area contributed by atoms with Gasteiger partial charge >= 0.3 is 0 Å². The Morgan fingerprint density at radius 3 is 2.37 bits per heavy atom. The van der Waals surface area contributed by atoms with Crippen molar-refractivity contribution in [2.24, 2.45) is 0 Å². The lowest BCUT2D eigenvalue weighted by Crippen LogP contribution is -2.14. The van der Waals surface area contributed by atoms with Gasteiger partial charge in [0, 0.05) is 23.4 Å². The van der Waals surface area contributed by atoms with Crippen LogP contribution in [0.25, 0.3) is 16.9 Å². The van der Waals surface area contributed by atoms with Gasteiger partial charge in [-0.25, -0.2) is 9.50 Å². The van der Waals surface area contributed by atoms with Crippen molar-refractivity contribution in [3.63, 3.8) is 0 Å². The summed E-state index contributed by atoms with van der Waals surface area (Å²) in [6.07, 6.45) is 0. The maximum atomic E-state index is 11.9. The van der Waals surface area contributed by atoms with Gasteiger partial charge in [0.1, 0.15) is 0 Å². The number of nitrogens with one attached hydrogen (secondary N) is 1. The number of H-pyrrole nitrogens is 1. The van der Waals surface area contributed by atoms with Crippen LogP contribution in [0.15, 0.2) is 35.1 Å². The van der Waals surface area contributed by atoms with Crippen LogP contribution in [0, 0.1) is 20.8 Å². The van der Waals surface area contributed by atoms with E-state index in [1.165, 1.54) is 21.7 Å². The summed E-state index contributed by atoms with van der Waals surface area (Å²) in [5, 5.41) is 3.10. The summed E-state index contributed by atoms with van der Waals surface area (Å²) in [6, 6.07) is 9.74. The number of aryl methyl sites for hydroxylation is 3. The number of aromatic nitrogens is 3. The fourth-order valence-electron chi connectivity index (χ4n) is 2.39. The molecule has 4 heteroatoms. The lowest BCUT2D eigenvalue weighted by atomic mass is 10.1. The van der Waals surface area contributed by atoms with Gasteiger partial charge in [0.2, 0.25) is 0 Å². The van der Waals surface area contributed by atoms with Gasteiger partial charge in [-0.3, -0.25) is 9.89 Å². The fraction of sp³-hybridized carbons (Fsp3) is 0.200. The van der Waals surface area contributed by atoms with E-state index in [4.69, 9.17) is 0 Å². The van der Waals surface area contributed by atoms with E-state index in [2.05, 4.69) is 42.1 Å². The SMILES string of the molecule is Cc1cc(C)cc(-c2cc3nc(C)cc(=O)n3[nH]2)c1. The van der Waals surface area contributed by atoms with Crippen LogP contribution in [-0.4, -0.2) is 14.6 Å². The van der Waals surface area contributed by atoms with E-state index in [1.807, 2.05) is 13.0 Å². The quantitative estimate of drug-likeness (QED) is 0.724. The third-order valence-electron chi connectivity index (χ3n) is 3.11. The molecule has 0 fully saturated rings. The molecule has 0 atom stereocenters. The molecular formula is C15H15N3O. The van der Waals surface area contributed by atoms with Gasteiger partial charge in [-0.2, -0.15) is 0 Å². The Hall–Kier alpha value is -2.36. The fourth-order valence-corrected chi connectivity index (χ4v) is 2.39. The molecule has 1 N–H and O–H groups in total. The van der Waals surface area contributed by atoms with Crippen LogP contribution < -0.4 is 5.56 Å². The minimum atomic E-state index is -0.0851. The van der Waals surface area contributed by atoms with Crippen LogP contribution in [0.3, 0.4) is 0 Å². The standard InChI is InChI=1S/C15H15N3O/c1-9-4-10(2)6-12(5-9)13-8-14-16-11(3)7-15(19)18(14)17-13/h4-8,17H,1-3H3. The average molecular weight is 253 g/mol. The minimum absolute atomic E-state index is 0.0851. The number of nitrogens with zero attached hydrogens (tertiary/aromatic N) is 2. The highest BCUT2D eigenvalue weighted by Gasteiger charge is 2.07. The molecule has 0 amide bonds. The van der Waals surface area contributed by atoms with E-state index >= 15 is 0 Å². The van der Waals surface area contributed by atoms with Crippen LogP contribution in [0.2, 0.25) is 0 Å². The molecule has 0 aliphatic carbocycles. The zero-order valence-electron chi connectivity index (χ0n) is 11.2. The summed E-state index contributed by atoms with van der Waals surface area (Å²) in [4.78, 5) is 16.2. The molecule has 4 nitrogen and oxygen atoms in total. The van der Waals surface area contributed by atoms with Crippen molar-refractivity contribution in [1.29, 1.82) is 0 Å². The van der Waals surface area contributed by atoms with Gasteiger partial charge in [0.15, 0.2) is 5.65 Å². The van der Waals surface area contributed by atoms with Crippen molar-refractivity contribution >= 4 is 5.65 Å². The van der Waals surface area contributed by atoms with E-state index in [0.29, 0.717) is 5.65 Å². The second-order valence-corrected chi connectivity index (χ2v) is 4.98. The first-order valence-electron chi connectivity index (χ1n) is 6.21. The van der Waals surface area contributed by atoms with Crippen molar-refractivity contribution in [2.75, 3.05) is 0 Å². The Labute approximate surface area is 110 Å². The second-order valence-electron chi connectivity index (χ2n) is 4.98. The molecule has 0 aliphatic rings. The predicted molar refractivity (Wildman–Crippen MR) is 75.5 cm³/mol. The van der Waals surface area contributed by atoms with E-state index in [-0.39, 0.29) is 5.56 Å². The minimum Gasteiger partial charge on any atom is -0.289 e. The van der Waals surface area contributed by atoms with Crippen LogP contribution >= 0.6 is 0 Å². The van der Waals surface area contributed by atoms with E-state index < -0.39 is 0 Å². The molecule has 0 saturated carbocycles. The number of hydrogen-bond donors (Lipinski definition) is 1. The smallest absolute Gasteiger partial charge is 0.272 e. The zero-order valence-corrected chi connectivity index (χ0v) is 11.2.